The summed E-state index contributed by atoms with van der Waals surface area (Å²) in [5.41, 5.74) is -0.493. The van der Waals surface area contributed by atoms with Crippen LogP contribution >= 0.6 is 0 Å². The van der Waals surface area contributed by atoms with Gasteiger partial charge >= 0.3 is 12.1 Å². The third-order valence-electron chi connectivity index (χ3n) is 3.61. The van der Waals surface area contributed by atoms with Crippen LogP contribution in [-0.4, -0.2) is 40.3 Å². The summed E-state index contributed by atoms with van der Waals surface area (Å²) < 4.78 is 5.43. The van der Waals surface area contributed by atoms with E-state index < -0.39 is 11.6 Å². The number of rotatable bonds is 4. The van der Waals surface area contributed by atoms with Crippen LogP contribution < -0.4 is 0 Å². The van der Waals surface area contributed by atoms with Crippen molar-refractivity contribution >= 4 is 12.1 Å². The molecule has 0 aliphatic carbocycles. The zero-order valence-corrected chi connectivity index (χ0v) is 13.0. The number of likely N-dealkylation sites (tertiary alicyclic amines) is 1. The quantitative estimate of drug-likeness (QED) is 0.860. The molecule has 0 saturated carbocycles. The molecule has 2 atom stereocenters. The normalized spacial score (nSPS) is 21.4. The fraction of sp³-hybridized carbons (Fsp3) is 0.867. The number of carboxylic acid groups (broad SMARTS) is 1. The van der Waals surface area contributed by atoms with Gasteiger partial charge in [0.15, 0.2) is 0 Å². The molecule has 1 heterocycles. The van der Waals surface area contributed by atoms with Gasteiger partial charge in [0.25, 0.3) is 0 Å². The second-order valence-electron chi connectivity index (χ2n) is 6.64. The van der Waals surface area contributed by atoms with Crippen LogP contribution in [0.5, 0.6) is 0 Å². The van der Waals surface area contributed by atoms with Crippen molar-refractivity contribution in [2.24, 2.45) is 5.92 Å². The molecule has 1 aliphatic heterocycles. The zero-order valence-electron chi connectivity index (χ0n) is 13.0. The fourth-order valence-electron chi connectivity index (χ4n) is 2.43. The number of hydrogen-bond acceptors (Lipinski definition) is 3. The van der Waals surface area contributed by atoms with Crippen molar-refractivity contribution in [3.8, 4) is 0 Å². The van der Waals surface area contributed by atoms with Gasteiger partial charge in [-0.25, -0.2) is 4.79 Å². The Balaban J connectivity index is 2.58. The van der Waals surface area contributed by atoms with Crippen molar-refractivity contribution in [2.45, 2.75) is 71.4 Å². The van der Waals surface area contributed by atoms with Crippen LogP contribution in [0.15, 0.2) is 0 Å². The molecular formula is C15H27NO4. The molecular weight excluding hydrogens is 258 g/mol. The molecule has 0 aromatic rings. The van der Waals surface area contributed by atoms with Crippen LogP contribution in [0.1, 0.15) is 59.8 Å². The van der Waals surface area contributed by atoms with Crippen molar-refractivity contribution in [1.29, 1.82) is 0 Å². The highest BCUT2D eigenvalue weighted by atomic mass is 16.6. The predicted molar refractivity (Wildman–Crippen MR) is 76.6 cm³/mol. The maximum absolute atomic E-state index is 12.2. The minimum atomic E-state index is -0.773. The largest absolute Gasteiger partial charge is 0.481 e. The van der Waals surface area contributed by atoms with Gasteiger partial charge in [0, 0.05) is 12.6 Å². The summed E-state index contributed by atoms with van der Waals surface area (Å²) >= 11 is 0. The van der Waals surface area contributed by atoms with Crippen LogP contribution in [0.25, 0.3) is 0 Å². The number of aliphatic carboxylic acids is 1. The number of nitrogens with zero attached hydrogens (tertiary/aromatic N) is 1. The van der Waals surface area contributed by atoms with Gasteiger partial charge < -0.3 is 14.7 Å². The van der Waals surface area contributed by atoms with Gasteiger partial charge in [-0.05, 0) is 52.9 Å². The first kappa shape index (κ1) is 16.8. The van der Waals surface area contributed by atoms with E-state index >= 15 is 0 Å². The first-order valence-electron chi connectivity index (χ1n) is 7.43. The molecule has 0 spiro atoms. The average Bonchev–Trinajstić information content (AvgIpc) is 2.34. The number of amides is 1. The van der Waals surface area contributed by atoms with E-state index in [9.17, 15) is 9.59 Å². The second-order valence-corrected chi connectivity index (χ2v) is 6.64. The maximum Gasteiger partial charge on any atom is 0.410 e. The van der Waals surface area contributed by atoms with Crippen LogP contribution in [0.3, 0.4) is 0 Å². The summed E-state index contributed by atoms with van der Waals surface area (Å²) in [4.78, 5) is 24.8. The van der Waals surface area contributed by atoms with Crippen molar-refractivity contribution in [3.05, 3.63) is 0 Å². The monoisotopic (exact) mass is 285 g/mol. The Labute approximate surface area is 121 Å². The van der Waals surface area contributed by atoms with E-state index in [1.54, 1.807) is 11.8 Å². The molecule has 2 unspecified atom stereocenters. The summed E-state index contributed by atoms with van der Waals surface area (Å²) in [6.07, 6.45) is 4.07. The zero-order chi connectivity index (χ0) is 15.3. The van der Waals surface area contributed by atoms with Gasteiger partial charge in [0.05, 0.1) is 5.92 Å². The van der Waals surface area contributed by atoms with E-state index in [2.05, 4.69) is 0 Å². The van der Waals surface area contributed by atoms with Gasteiger partial charge in [-0.1, -0.05) is 6.92 Å². The molecule has 1 saturated heterocycles. The molecule has 5 heteroatoms. The summed E-state index contributed by atoms with van der Waals surface area (Å²) in [6.45, 7) is 7.99. The molecule has 1 amide bonds. The number of carbonyl (C=O) groups excluding carboxylic acids is 1. The van der Waals surface area contributed by atoms with Crippen LogP contribution in [-0.2, 0) is 9.53 Å². The molecule has 0 aromatic carbocycles. The summed E-state index contributed by atoms with van der Waals surface area (Å²) in [6, 6.07) is 0.111. The van der Waals surface area contributed by atoms with Crippen molar-refractivity contribution in [1.82, 2.24) is 4.90 Å². The Morgan fingerprint density at radius 3 is 2.55 bits per heavy atom. The average molecular weight is 285 g/mol. The Morgan fingerprint density at radius 2 is 2.00 bits per heavy atom. The Kier molecular flexibility index (Phi) is 5.84. The first-order valence-corrected chi connectivity index (χ1v) is 7.43. The van der Waals surface area contributed by atoms with E-state index in [1.165, 1.54) is 0 Å². The van der Waals surface area contributed by atoms with Gasteiger partial charge in [-0.3, -0.25) is 4.79 Å². The number of hydrogen-bond donors (Lipinski definition) is 1. The minimum Gasteiger partial charge on any atom is -0.481 e. The maximum atomic E-state index is 12.2. The summed E-state index contributed by atoms with van der Waals surface area (Å²) in [7, 11) is 0. The molecule has 20 heavy (non-hydrogen) atoms. The first-order chi connectivity index (χ1) is 9.20. The molecule has 1 N–H and O–H groups in total. The van der Waals surface area contributed by atoms with E-state index in [0.29, 0.717) is 13.0 Å². The molecule has 1 fully saturated rings. The Hall–Kier alpha value is -1.26. The molecule has 1 rings (SSSR count). The number of piperidine rings is 1. The molecule has 0 aromatic heterocycles. The van der Waals surface area contributed by atoms with E-state index in [1.807, 2.05) is 20.8 Å². The highest BCUT2D eigenvalue weighted by Gasteiger charge is 2.30. The van der Waals surface area contributed by atoms with Crippen LogP contribution in [0.2, 0.25) is 0 Å². The number of carboxylic acids is 1. The van der Waals surface area contributed by atoms with Gasteiger partial charge in [-0.2, -0.15) is 0 Å². The molecule has 116 valence electrons. The molecule has 5 nitrogen and oxygen atoms in total. The van der Waals surface area contributed by atoms with E-state index in [0.717, 1.165) is 25.7 Å². The van der Waals surface area contributed by atoms with Crippen molar-refractivity contribution < 1.29 is 19.4 Å². The van der Waals surface area contributed by atoms with E-state index in [4.69, 9.17) is 9.84 Å². The topological polar surface area (TPSA) is 66.8 Å². The third-order valence-corrected chi connectivity index (χ3v) is 3.61. The predicted octanol–water partition coefficient (Wildman–Crippen LogP) is 3.28. The minimum absolute atomic E-state index is 0.111. The highest BCUT2D eigenvalue weighted by Crippen LogP contribution is 2.24. The number of carbonyl (C=O) groups is 2. The lowest BCUT2D eigenvalue weighted by Crippen LogP contribution is -2.46. The smallest absolute Gasteiger partial charge is 0.410 e. The molecule has 1 aliphatic rings. The van der Waals surface area contributed by atoms with Gasteiger partial charge in [-0.15, -0.1) is 0 Å². The lowest BCUT2D eigenvalue weighted by Gasteiger charge is -2.37. The Morgan fingerprint density at radius 1 is 1.35 bits per heavy atom. The fourth-order valence-corrected chi connectivity index (χ4v) is 2.43. The summed E-state index contributed by atoms with van der Waals surface area (Å²) in [5.74, 6) is -1.14. The standard InChI is InChI=1S/C15H27NO4/c1-11(13(17)18)8-9-12-7-5-6-10-16(12)14(19)20-15(2,3)4/h11-12H,5-10H2,1-4H3,(H,17,18). The molecule has 0 bridgehead atoms. The van der Waals surface area contributed by atoms with Crippen LogP contribution in [0.4, 0.5) is 4.79 Å². The SMILES string of the molecule is CC(CCC1CCCCN1C(=O)OC(C)(C)C)C(=O)O. The lowest BCUT2D eigenvalue weighted by atomic mass is 9.94. The summed E-state index contributed by atoms with van der Waals surface area (Å²) in [5, 5.41) is 8.93. The van der Waals surface area contributed by atoms with Gasteiger partial charge in [0.1, 0.15) is 5.60 Å². The highest BCUT2D eigenvalue weighted by molar-refractivity contribution is 5.69. The molecule has 0 radical (unpaired) electrons. The third kappa shape index (κ3) is 5.39. The van der Waals surface area contributed by atoms with E-state index in [-0.39, 0.29) is 18.1 Å². The second kappa shape index (κ2) is 6.95. The van der Waals surface area contributed by atoms with Crippen LogP contribution in [0, 0.1) is 5.92 Å². The number of ether oxygens (including phenoxy) is 1. The lowest BCUT2D eigenvalue weighted by molar-refractivity contribution is -0.141. The van der Waals surface area contributed by atoms with Crippen molar-refractivity contribution in [3.63, 3.8) is 0 Å². The van der Waals surface area contributed by atoms with Crippen molar-refractivity contribution in [2.75, 3.05) is 6.54 Å². The van der Waals surface area contributed by atoms with Gasteiger partial charge in [0.2, 0.25) is 0 Å². The Bertz CT molecular complexity index is 348.